The van der Waals surface area contributed by atoms with Crippen LogP contribution in [0.25, 0.3) is 11.3 Å². The van der Waals surface area contributed by atoms with Crippen LogP contribution in [0.4, 0.5) is 5.82 Å². The summed E-state index contributed by atoms with van der Waals surface area (Å²) in [5.74, 6) is 1.54. The number of nitrogens with zero attached hydrogens (tertiary/aromatic N) is 5. The SMILES string of the molecule is CCC(C)CN(CC(=O)N1CCCN(c2ccc(-c3ccccc3)nn2)CC1)C(=O)c1cccc(OC)c1. The molecule has 0 spiro atoms. The van der Waals surface area contributed by atoms with Gasteiger partial charge >= 0.3 is 0 Å². The zero-order valence-electron chi connectivity index (χ0n) is 22.5. The van der Waals surface area contributed by atoms with Gasteiger partial charge in [0.05, 0.1) is 12.8 Å². The first-order valence-electron chi connectivity index (χ1n) is 13.3. The monoisotopic (exact) mass is 515 g/mol. The average molecular weight is 516 g/mol. The smallest absolute Gasteiger partial charge is 0.254 e. The molecule has 2 heterocycles. The normalized spacial score (nSPS) is 14.5. The fourth-order valence-corrected chi connectivity index (χ4v) is 4.58. The Morgan fingerprint density at radius 1 is 0.974 bits per heavy atom. The third kappa shape index (κ3) is 6.88. The predicted octanol–water partition coefficient (Wildman–Crippen LogP) is 4.38. The number of hydrogen-bond acceptors (Lipinski definition) is 6. The van der Waals surface area contributed by atoms with Gasteiger partial charge < -0.3 is 19.4 Å². The second-order valence-corrected chi connectivity index (χ2v) is 9.80. The largest absolute Gasteiger partial charge is 0.497 e. The highest BCUT2D eigenvalue weighted by Gasteiger charge is 2.26. The van der Waals surface area contributed by atoms with Gasteiger partial charge in [-0.15, -0.1) is 10.2 Å². The summed E-state index contributed by atoms with van der Waals surface area (Å²) < 4.78 is 5.29. The maximum Gasteiger partial charge on any atom is 0.254 e. The van der Waals surface area contributed by atoms with Gasteiger partial charge in [0.2, 0.25) is 5.91 Å². The molecule has 2 aromatic carbocycles. The number of rotatable bonds is 9. The second-order valence-electron chi connectivity index (χ2n) is 9.80. The summed E-state index contributed by atoms with van der Waals surface area (Å²) in [5.41, 5.74) is 2.40. The summed E-state index contributed by atoms with van der Waals surface area (Å²) in [5, 5.41) is 8.88. The van der Waals surface area contributed by atoms with Crippen LogP contribution in [0.5, 0.6) is 5.75 Å². The molecule has 8 heteroatoms. The molecule has 3 aromatic rings. The van der Waals surface area contributed by atoms with E-state index in [0.29, 0.717) is 37.5 Å². The van der Waals surface area contributed by atoms with Gasteiger partial charge in [-0.3, -0.25) is 9.59 Å². The maximum atomic E-state index is 13.4. The Morgan fingerprint density at radius 3 is 2.50 bits per heavy atom. The molecule has 0 saturated carbocycles. The first-order chi connectivity index (χ1) is 18.5. The van der Waals surface area contributed by atoms with Gasteiger partial charge in [0, 0.05) is 43.9 Å². The molecule has 0 radical (unpaired) electrons. The van der Waals surface area contributed by atoms with Crippen LogP contribution in [0.1, 0.15) is 37.0 Å². The number of carbonyl (C=O) groups is 2. The molecule has 200 valence electrons. The summed E-state index contributed by atoms with van der Waals surface area (Å²) in [4.78, 5) is 32.5. The second kappa shape index (κ2) is 13.0. The summed E-state index contributed by atoms with van der Waals surface area (Å²) in [7, 11) is 1.58. The van der Waals surface area contributed by atoms with E-state index in [0.717, 1.165) is 36.5 Å². The van der Waals surface area contributed by atoms with Gasteiger partial charge in [-0.2, -0.15) is 0 Å². The van der Waals surface area contributed by atoms with Crippen LogP contribution in [0.2, 0.25) is 0 Å². The van der Waals surface area contributed by atoms with Gasteiger partial charge in [0.15, 0.2) is 5.82 Å². The highest BCUT2D eigenvalue weighted by molar-refractivity contribution is 5.96. The average Bonchev–Trinajstić information content (AvgIpc) is 3.23. The molecule has 0 aliphatic carbocycles. The van der Waals surface area contributed by atoms with Gasteiger partial charge in [-0.05, 0) is 42.7 Å². The highest BCUT2D eigenvalue weighted by atomic mass is 16.5. The van der Waals surface area contributed by atoms with E-state index in [1.54, 1.807) is 30.2 Å². The van der Waals surface area contributed by atoms with E-state index in [1.165, 1.54) is 0 Å². The highest BCUT2D eigenvalue weighted by Crippen LogP contribution is 2.20. The summed E-state index contributed by atoms with van der Waals surface area (Å²) >= 11 is 0. The number of methoxy groups -OCH3 is 1. The zero-order chi connectivity index (χ0) is 26.9. The standard InChI is InChI=1S/C30H37N5O3/c1-4-23(2)21-35(30(37)25-12-8-13-26(20-25)38-3)22-29(36)34-17-9-16-33(18-19-34)28-15-14-27(31-32-28)24-10-6-5-7-11-24/h5-8,10-15,20,23H,4,9,16-19,21-22H2,1-3H3. The molecular weight excluding hydrogens is 478 g/mol. The molecule has 4 rings (SSSR count). The number of amides is 2. The number of aromatic nitrogens is 2. The lowest BCUT2D eigenvalue weighted by molar-refractivity contribution is -0.131. The number of hydrogen-bond donors (Lipinski definition) is 0. The first-order valence-corrected chi connectivity index (χ1v) is 13.3. The Bertz CT molecular complexity index is 1200. The molecule has 0 bridgehead atoms. The minimum absolute atomic E-state index is 0.0306. The third-order valence-corrected chi connectivity index (χ3v) is 7.05. The minimum Gasteiger partial charge on any atom is -0.497 e. The van der Waals surface area contributed by atoms with Crippen LogP contribution in [0, 0.1) is 5.92 Å². The van der Waals surface area contributed by atoms with E-state index in [-0.39, 0.29) is 24.3 Å². The predicted molar refractivity (Wildman–Crippen MR) is 149 cm³/mol. The van der Waals surface area contributed by atoms with Crippen molar-refractivity contribution >= 4 is 17.6 Å². The van der Waals surface area contributed by atoms with E-state index in [4.69, 9.17) is 4.74 Å². The lowest BCUT2D eigenvalue weighted by Crippen LogP contribution is -2.45. The van der Waals surface area contributed by atoms with Gasteiger partial charge in [-0.1, -0.05) is 56.7 Å². The Hall–Kier alpha value is -3.94. The summed E-state index contributed by atoms with van der Waals surface area (Å²) in [6.45, 7) is 7.47. The van der Waals surface area contributed by atoms with Crippen LogP contribution >= 0.6 is 0 Å². The Balaban J connectivity index is 1.40. The van der Waals surface area contributed by atoms with Crippen molar-refractivity contribution < 1.29 is 14.3 Å². The van der Waals surface area contributed by atoms with E-state index < -0.39 is 0 Å². The number of benzene rings is 2. The fraction of sp³-hybridized carbons (Fsp3) is 0.400. The molecular formula is C30H37N5O3. The molecule has 1 unspecified atom stereocenters. The van der Waals surface area contributed by atoms with Crippen molar-refractivity contribution in [3.05, 3.63) is 72.3 Å². The quantitative estimate of drug-likeness (QED) is 0.421. The molecule has 1 aliphatic heterocycles. The molecule has 1 aliphatic rings. The van der Waals surface area contributed by atoms with Crippen LogP contribution < -0.4 is 9.64 Å². The van der Waals surface area contributed by atoms with E-state index in [1.807, 2.05) is 53.4 Å². The Kier molecular flexibility index (Phi) is 9.30. The Labute approximate surface area is 225 Å². The zero-order valence-corrected chi connectivity index (χ0v) is 22.5. The molecule has 1 atom stereocenters. The number of anilines is 1. The van der Waals surface area contributed by atoms with Gasteiger partial charge in [0.1, 0.15) is 12.3 Å². The number of ether oxygens (including phenoxy) is 1. The van der Waals surface area contributed by atoms with Crippen molar-refractivity contribution in [3.8, 4) is 17.0 Å². The molecule has 1 saturated heterocycles. The molecule has 1 fully saturated rings. The van der Waals surface area contributed by atoms with E-state index in [2.05, 4.69) is 28.9 Å². The lowest BCUT2D eigenvalue weighted by atomic mass is 10.1. The van der Waals surface area contributed by atoms with Crippen LogP contribution in [0.3, 0.4) is 0 Å². The lowest BCUT2D eigenvalue weighted by Gasteiger charge is -2.29. The van der Waals surface area contributed by atoms with Crippen molar-refractivity contribution in [1.82, 2.24) is 20.0 Å². The van der Waals surface area contributed by atoms with Crippen LogP contribution in [0.15, 0.2) is 66.7 Å². The van der Waals surface area contributed by atoms with Crippen molar-refractivity contribution in [2.24, 2.45) is 5.92 Å². The minimum atomic E-state index is -0.150. The van der Waals surface area contributed by atoms with Gasteiger partial charge in [-0.25, -0.2) is 0 Å². The van der Waals surface area contributed by atoms with Crippen molar-refractivity contribution in [3.63, 3.8) is 0 Å². The summed E-state index contributed by atoms with van der Waals surface area (Å²) in [6.07, 6.45) is 1.75. The Morgan fingerprint density at radius 2 is 1.79 bits per heavy atom. The van der Waals surface area contributed by atoms with Crippen molar-refractivity contribution in [1.29, 1.82) is 0 Å². The molecule has 1 aromatic heterocycles. The maximum absolute atomic E-state index is 13.4. The van der Waals surface area contributed by atoms with E-state index >= 15 is 0 Å². The fourth-order valence-electron chi connectivity index (χ4n) is 4.58. The topological polar surface area (TPSA) is 78.9 Å². The van der Waals surface area contributed by atoms with Gasteiger partial charge in [0.25, 0.3) is 5.91 Å². The first kappa shape index (κ1) is 27.1. The van der Waals surface area contributed by atoms with Crippen molar-refractivity contribution in [2.45, 2.75) is 26.7 Å². The van der Waals surface area contributed by atoms with Crippen molar-refractivity contribution in [2.75, 3.05) is 51.3 Å². The third-order valence-electron chi connectivity index (χ3n) is 7.05. The summed E-state index contributed by atoms with van der Waals surface area (Å²) in [6, 6.07) is 21.1. The molecule has 2 amide bonds. The van der Waals surface area contributed by atoms with Crippen LogP contribution in [-0.4, -0.2) is 78.2 Å². The van der Waals surface area contributed by atoms with Crippen LogP contribution in [-0.2, 0) is 4.79 Å². The molecule has 8 nitrogen and oxygen atoms in total. The molecule has 38 heavy (non-hydrogen) atoms. The molecule has 0 N–H and O–H groups in total. The number of carbonyl (C=O) groups excluding carboxylic acids is 2. The van der Waals surface area contributed by atoms with E-state index in [9.17, 15) is 9.59 Å².